The van der Waals surface area contributed by atoms with Crippen molar-refractivity contribution in [3.63, 3.8) is 0 Å². The lowest BCUT2D eigenvalue weighted by Gasteiger charge is -2.19. The number of terminal acetylenes is 1. The predicted octanol–water partition coefficient (Wildman–Crippen LogP) is 1.44. The standard InChI is InChI=1S/C15H16ClNO5S/c1-3-13(11-6-7-22-9-11)17-23(19,20)14-8-10(15(18)21-2)4-5-12(14)16/h1,4-5,8,11,13,17H,6-7,9H2,2H3/t11-,13-/m0/s1. The minimum atomic E-state index is -3.99. The second kappa shape index (κ2) is 7.32. The van der Waals surface area contributed by atoms with Gasteiger partial charge in [0.1, 0.15) is 4.90 Å². The fourth-order valence-corrected chi connectivity index (χ4v) is 4.02. The molecule has 2 rings (SSSR count). The molecule has 1 aromatic carbocycles. The minimum absolute atomic E-state index is 0.0106. The average molecular weight is 358 g/mol. The van der Waals surface area contributed by atoms with E-state index in [0.717, 1.165) is 6.07 Å². The third kappa shape index (κ3) is 4.03. The van der Waals surface area contributed by atoms with Crippen molar-refractivity contribution in [1.82, 2.24) is 4.72 Å². The summed E-state index contributed by atoms with van der Waals surface area (Å²) >= 11 is 5.97. The highest BCUT2D eigenvalue weighted by Crippen LogP contribution is 2.25. The van der Waals surface area contributed by atoms with Gasteiger partial charge < -0.3 is 9.47 Å². The second-order valence-corrected chi connectivity index (χ2v) is 7.12. The minimum Gasteiger partial charge on any atom is -0.465 e. The lowest BCUT2D eigenvalue weighted by molar-refractivity contribution is 0.0600. The van der Waals surface area contributed by atoms with Crippen LogP contribution in [0, 0.1) is 18.3 Å². The first-order valence-corrected chi connectivity index (χ1v) is 8.69. The maximum absolute atomic E-state index is 12.6. The average Bonchev–Trinajstić information content (AvgIpc) is 3.06. The molecule has 8 heteroatoms. The van der Waals surface area contributed by atoms with Crippen molar-refractivity contribution in [1.29, 1.82) is 0 Å². The van der Waals surface area contributed by atoms with Gasteiger partial charge in [0.25, 0.3) is 0 Å². The van der Waals surface area contributed by atoms with E-state index in [2.05, 4.69) is 15.4 Å². The molecule has 0 aromatic heterocycles. The van der Waals surface area contributed by atoms with Crippen LogP contribution >= 0.6 is 11.6 Å². The number of methoxy groups -OCH3 is 1. The summed E-state index contributed by atoms with van der Waals surface area (Å²) in [5.74, 6) is 1.68. The summed E-state index contributed by atoms with van der Waals surface area (Å²) in [6.45, 7) is 0.941. The van der Waals surface area contributed by atoms with Crippen LogP contribution in [-0.4, -0.2) is 40.8 Å². The molecule has 0 aliphatic carbocycles. The highest BCUT2D eigenvalue weighted by atomic mass is 35.5. The van der Waals surface area contributed by atoms with Crippen molar-refractivity contribution in [3.05, 3.63) is 28.8 Å². The van der Waals surface area contributed by atoms with E-state index in [9.17, 15) is 13.2 Å². The molecule has 0 spiro atoms. The summed E-state index contributed by atoms with van der Waals surface area (Å²) in [4.78, 5) is 11.3. The Morgan fingerprint density at radius 1 is 1.57 bits per heavy atom. The Morgan fingerprint density at radius 3 is 2.87 bits per heavy atom. The van der Waals surface area contributed by atoms with Crippen LogP contribution in [0.2, 0.25) is 5.02 Å². The molecule has 6 nitrogen and oxygen atoms in total. The van der Waals surface area contributed by atoms with Crippen LogP contribution < -0.4 is 4.72 Å². The molecule has 1 saturated heterocycles. The number of rotatable bonds is 5. The predicted molar refractivity (Wildman–Crippen MR) is 84.7 cm³/mol. The molecule has 0 radical (unpaired) electrons. The van der Waals surface area contributed by atoms with Crippen LogP contribution in [0.5, 0.6) is 0 Å². The summed E-state index contributed by atoms with van der Waals surface area (Å²) in [7, 11) is -2.79. The van der Waals surface area contributed by atoms with Crippen molar-refractivity contribution in [2.75, 3.05) is 20.3 Å². The number of hydrogen-bond acceptors (Lipinski definition) is 5. The van der Waals surface area contributed by atoms with E-state index in [-0.39, 0.29) is 21.4 Å². The molecule has 0 unspecified atom stereocenters. The number of halogens is 1. The van der Waals surface area contributed by atoms with Crippen LogP contribution in [0.1, 0.15) is 16.8 Å². The highest BCUT2D eigenvalue weighted by Gasteiger charge is 2.30. The van der Waals surface area contributed by atoms with Crippen LogP contribution in [0.4, 0.5) is 0 Å². The van der Waals surface area contributed by atoms with Crippen molar-refractivity contribution >= 4 is 27.6 Å². The Balaban J connectivity index is 2.31. The Labute approximate surface area is 140 Å². The molecular weight excluding hydrogens is 342 g/mol. The third-order valence-corrected chi connectivity index (χ3v) is 5.46. The van der Waals surface area contributed by atoms with E-state index < -0.39 is 22.0 Å². The monoisotopic (exact) mass is 357 g/mol. The van der Waals surface area contributed by atoms with Gasteiger partial charge >= 0.3 is 5.97 Å². The van der Waals surface area contributed by atoms with Gasteiger partial charge in [0.15, 0.2) is 0 Å². The number of hydrogen-bond donors (Lipinski definition) is 1. The van der Waals surface area contributed by atoms with Gasteiger partial charge in [-0.1, -0.05) is 17.5 Å². The normalized spacial score (nSPS) is 19.1. The molecule has 1 N–H and O–H groups in total. The van der Waals surface area contributed by atoms with Crippen molar-refractivity contribution in [2.45, 2.75) is 17.4 Å². The van der Waals surface area contributed by atoms with E-state index in [1.807, 2.05) is 0 Å². The molecule has 1 aliphatic heterocycles. The van der Waals surface area contributed by atoms with Gasteiger partial charge in [0, 0.05) is 12.5 Å². The summed E-state index contributed by atoms with van der Waals surface area (Å²) in [5.41, 5.74) is 0.0822. The zero-order chi connectivity index (χ0) is 17.0. The molecule has 0 bridgehead atoms. The molecule has 23 heavy (non-hydrogen) atoms. The van der Waals surface area contributed by atoms with Gasteiger partial charge in [-0.05, 0) is 24.6 Å². The van der Waals surface area contributed by atoms with Crippen LogP contribution in [-0.2, 0) is 19.5 Å². The Bertz CT molecular complexity index is 735. The van der Waals surface area contributed by atoms with E-state index in [4.69, 9.17) is 22.8 Å². The van der Waals surface area contributed by atoms with Crippen LogP contribution in [0.3, 0.4) is 0 Å². The van der Waals surface area contributed by atoms with E-state index >= 15 is 0 Å². The Hall–Kier alpha value is -1.59. The zero-order valence-corrected chi connectivity index (χ0v) is 14.0. The zero-order valence-electron chi connectivity index (χ0n) is 12.4. The summed E-state index contributed by atoms with van der Waals surface area (Å²) in [6, 6.07) is 3.16. The lowest BCUT2D eigenvalue weighted by atomic mass is 10.0. The highest BCUT2D eigenvalue weighted by molar-refractivity contribution is 7.89. The second-order valence-electron chi connectivity index (χ2n) is 5.03. The summed E-state index contributed by atoms with van der Waals surface area (Å²) < 4.78 is 37.4. The molecule has 1 aliphatic rings. The van der Waals surface area contributed by atoms with E-state index in [1.54, 1.807) is 0 Å². The molecular formula is C15H16ClNO5S. The first-order chi connectivity index (χ1) is 10.9. The first-order valence-electron chi connectivity index (χ1n) is 6.83. The van der Waals surface area contributed by atoms with Gasteiger partial charge in [0.2, 0.25) is 10.0 Å². The van der Waals surface area contributed by atoms with Gasteiger partial charge in [-0.15, -0.1) is 6.42 Å². The number of esters is 1. The number of nitrogens with one attached hydrogen (secondary N) is 1. The maximum Gasteiger partial charge on any atom is 0.337 e. The van der Waals surface area contributed by atoms with Gasteiger partial charge in [0.05, 0.1) is 30.3 Å². The number of ether oxygens (including phenoxy) is 2. The van der Waals surface area contributed by atoms with Crippen molar-refractivity contribution in [3.8, 4) is 12.3 Å². The fourth-order valence-electron chi connectivity index (χ4n) is 2.27. The molecule has 1 fully saturated rings. The number of carbonyl (C=O) groups excluding carboxylic acids is 1. The lowest BCUT2D eigenvalue weighted by Crippen LogP contribution is -2.39. The van der Waals surface area contributed by atoms with Crippen LogP contribution in [0.25, 0.3) is 0 Å². The number of carbonyl (C=O) groups is 1. The molecule has 1 aromatic rings. The Morgan fingerprint density at radius 2 is 2.30 bits per heavy atom. The summed E-state index contributed by atoms with van der Waals surface area (Å²) in [6.07, 6.45) is 6.11. The number of sulfonamides is 1. The SMILES string of the molecule is C#C[C@H](NS(=O)(=O)c1cc(C(=O)OC)ccc1Cl)[C@H]1CCOC1. The first kappa shape index (κ1) is 17.8. The topological polar surface area (TPSA) is 81.7 Å². The third-order valence-electron chi connectivity index (χ3n) is 3.54. The largest absolute Gasteiger partial charge is 0.465 e. The molecule has 0 saturated carbocycles. The smallest absolute Gasteiger partial charge is 0.337 e. The van der Waals surface area contributed by atoms with Gasteiger partial charge in [-0.2, -0.15) is 4.72 Å². The molecule has 2 atom stereocenters. The molecule has 0 amide bonds. The van der Waals surface area contributed by atoms with E-state index in [0.29, 0.717) is 19.6 Å². The van der Waals surface area contributed by atoms with Gasteiger partial charge in [-0.25, -0.2) is 13.2 Å². The van der Waals surface area contributed by atoms with Crippen molar-refractivity contribution in [2.24, 2.45) is 5.92 Å². The summed E-state index contributed by atoms with van der Waals surface area (Å²) in [5, 5.41) is -0.0106. The van der Waals surface area contributed by atoms with Crippen LogP contribution in [0.15, 0.2) is 23.1 Å². The quantitative estimate of drug-likeness (QED) is 0.637. The van der Waals surface area contributed by atoms with Gasteiger partial charge in [-0.3, -0.25) is 0 Å². The van der Waals surface area contributed by atoms with Crippen molar-refractivity contribution < 1.29 is 22.7 Å². The molecule has 124 valence electrons. The maximum atomic E-state index is 12.6. The Kier molecular flexibility index (Phi) is 5.65. The van der Waals surface area contributed by atoms with E-state index in [1.165, 1.54) is 19.2 Å². The number of benzene rings is 1. The fraction of sp³-hybridized carbons (Fsp3) is 0.400. The molecule has 1 heterocycles.